The number of aryl methyl sites for hydroxylation is 2. The van der Waals surface area contributed by atoms with Crippen molar-refractivity contribution in [3.8, 4) is 0 Å². The molecule has 84 valence electrons. The third kappa shape index (κ3) is 3.58. The van der Waals surface area contributed by atoms with Gasteiger partial charge in [-0.15, -0.1) is 0 Å². The SMILES string of the molecule is CCC(CC(=O)O)Sc1nc(C)c(C)o1. The predicted molar refractivity (Wildman–Crippen MR) is 58.2 cm³/mol. The second kappa shape index (κ2) is 5.21. The van der Waals surface area contributed by atoms with Crippen LogP contribution in [0.25, 0.3) is 0 Å². The van der Waals surface area contributed by atoms with Gasteiger partial charge in [0, 0.05) is 5.25 Å². The fourth-order valence-electron chi connectivity index (χ4n) is 1.10. The fourth-order valence-corrected chi connectivity index (χ4v) is 2.14. The van der Waals surface area contributed by atoms with Crippen molar-refractivity contribution in [1.82, 2.24) is 4.98 Å². The second-order valence-corrected chi connectivity index (χ2v) is 4.62. The number of rotatable bonds is 5. The van der Waals surface area contributed by atoms with Gasteiger partial charge in [0.05, 0.1) is 12.1 Å². The third-order valence-corrected chi connectivity index (χ3v) is 3.34. The zero-order valence-electron chi connectivity index (χ0n) is 9.11. The molecule has 0 bridgehead atoms. The molecule has 0 fully saturated rings. The topological polar surface area (TPSA) is 63.3 Å². The number of aliphatic carboxylic acids is 1. The molecule has 5 heteroatoms. The van der Waals surface area contributed by atoms with Gasteiger partial charge in [0.15, 0.2) is 0 Å². The second-order valence-electron chi connectivity index (χ2n) is 3.37. The Labute approximate surface area is 93.1 Å². The van der Waals surface area contributed by atoms with Crippen LogP contribution in [0.2, 0.25) is 0 Å². The van der Waals surface area contributed by atoms with Gasteiger partial charge in [-0.3, -0.25) is 4.79 Å². The molecule has 1 aromatic rings. The first-order chi connectivity index (χ1) is 7.02. The molecule has 1 atom stereocenters. The van der Waals surface area contributed by atoms with E-state index in [0.717, 1.165) is 17.9 Å². The molecule has 0 aliphatic carbocycles. The van der Waals surface area contributed by atoms with Crippen molar-refractivity contribution in [1.29, 1.82) is 0 Å². The monoisotopic (exact) mass is 229 g/mol. The zero-order valence-corrected chi connectivity index (χ0v) is 9.93. The van der Waals surface area contributed by atoms with Crippen LogP contribution < -0.4 is 0 Å². The van der Waals surface area contributed by atoms with Crippen LogP contribution in [0.15, 0.2) is 9.64 Å². The highest BCUT2D eigenvalue weighted by atomic mass is 32.2. The van der Waals surface area contributed by atoms with Crippen molar-refractivity contribution in [3.63, 3.8) is 0 Å². The smallest absolute Gasteiger partial charge is 0.304 e. The van der Waals surface area contributed by atoms with Crippen molar-refractivity contribution in [2.24, 2.45) is 0 Å². The standard InChI is InChI=1S/C10H15NO3S/c1-4-8(5-9(12)13)15-10-11-6(2)7(3)14-10/h8H,4-5H2,1-3H3,(H,12,13). The van der Waals surface area contributed by atoms with Gasteiger partial charge in [0.25, 0.3) is 5.22 Å². The van der Waals surface area contributed by atoms with Crippen molar-refractivity contribution in [3.05, 3.63) is 11.5 Å². The summed E-state index contributed by atoms with van der Waals surface area (Å²) in [4.78, 5) is 14.8. The molecule has 1 heterocycles. The van der Waals surface area contributed by atoms with E-state index in [2.05, 4.69) is 4.98 Å². The molecule has 1 N–H and O–H groups in total. The zero-order chi connectivity index (χ0) is 11.4. The van der Waals surface area contributed by atoms with Gasteiger partial charge in [-0.2, -0.15) is 0 Å². The van der Waals surface area contributed by atoms with Crippen molar-refractivity contribution >= 4 is 17.7 Å². The first-order valence-electron chi connectivity index (χ1n) is 4.85. The lowest BCUT2D eigenvalue weighted by atomic mass is 10.2. The van der Waals surface area contributed by atoms with Gasteiger partial charge >= 0.3 is 5.97 Å². The number of thioether (sulfide) groups is 1. The van der Waals surface area contributed by atoms with Crippen LogP contribution in [0.4, 0.5) is 0 Å². The summed E-state index contributed by atoms with van der Waals surface area (Å²) in [6.07, 6.45) is 0.930. The molecular weight excluding hydrogens is 214 g/mol. The average Bonchev–Trinajstić information content (AvgIpc) is 2.44. The van der Waals surface area contributed by atoms with Gasteiger partial charge in [0.1, 0.15) is 5.76 Å². The Hall–Kier alpha value is -0.970. The largest absolute Gasteiger partial charge is 0.481 e. The molecular formula is C10H15NO3S. The highest BCUT2D eigenvalue weighted by Crippen LogP contribution is 2.28. The number of oxazole rings is 1. The quantitative estimate of drug-likeness (QED) is 0.786. The lowest BCUT2D eigenvalue weighted by molar-refractivity contribution is -0.136. The molecule has 0 amide bonds. The van der Waals surface area contributed by atoms with E-state index in [9.17, 15) is 4.79 Å². The molecule has 0 aliphatic heterocycles. The summed E-state index contributed by atoms with van der Waals surface area (Å²) < 4.78 is 5.39. The Morgan fingerprint density at radius 3 is 2.67 bits per heavy atom. The van der Waals surface area contributed by atoms with E-state index in [4.69, 9.17) is 9.52 Å². The van der Waals surface area contributed by atoms with E-state index in [1.54, 1.807) is 0 Å². The van der Waals surface area contributed by atoms with Gasteiger partial charge in [-0.25, -0.2) is 4.98 Å². The number of carboxylic acid groups (broad SMARTS) is 1. The predicted octanol–water partition coefficient (Wildman–Crippen LogP) is 2.64. The Kier molecular flexibility index (Phi) is 4.20. The number of aromatic nitrogens is 1. The van der Waals surface area contributed by atoms with E-state index in [1.807, 2.05) is 20.8 Å². The van der Waals surface area contributed by atoms with E-state index >= 15 is 0 Å². The highest BCUT2D eigenvalue weighted by Gasteiger charge is 2.16. The first kappa shape index (κ1) is 12.1. The molecule has 0 aliphatic rings. The van der Waals surface area contributed by atoms with Crippen LogP contribution in [-0.4, -0.2) is 21.3 Å². The Bertz CT molecular complexity index is 329. The number of hydrogen-bond acceptors (Lipinski definition) is 4. The normalized spacial score (nSPS) is 12.7. The maximum absolute atomic E-state index is 10.6. The molecule has 15 heavy (non-hydrogen) atoms. The lowest BCUT2D eigenvalue weighted by Gasteiger charge is -2.07. The number of carboxylic acids is 1. The molecule has 0 saturated carbocycles. The number of hydrogen-bond donors (Lipinski definition) is 1. The summed E-state index contributed by atoms with van der Waals surface area (Å²) >= 11 is 1.39. The van der Waals surface area contributed by atoms with Gasteiger partial charge in [0.2, 0.25) is 0 Å². The van der Waals surface area contributed by atoms with E-state index in [0.29, 0.717) is 5.22 Å². The van der Waals surface area contributed by atoms with Crippen LogP contribution in [0, 0.1) is 13.8 Å². The van der Waals surface area contributed by atoms with E-state index in [1.165, 1.54) is 11.8 Å². The molecule has 1 unspecified atom stereocenters. The van der Waals surface area contributed by atoms with E-state index < -0.39 is 5.97 Å². The van der Waals surface area contributed by atoms with Crippen molar-refractivity contribution in [2.75, 3.05) is 0 Å². The minimum atomic E-state index is -0.783. The fraction of sp³-hybridized carbons (Fsp3) is 0.600. The minimum absolute atomic E-state index is 0.0277. The van der Waals surface area contributed by atoms with Gasteiger partial charge in [-0.1, -0.05) is 18.7 Å². The molecule has 0 radical (unpaired) electrons. The van der Waals surface area contributed by atoms with E-state index in [-0.39, 0.29) is 11.7 Å². The summed E-state index contributed by atoms with van der Waals surface area (Å²) in [5, 5.41) is 9.28. The van der Waals surface area contributed by atoms with Gasteiger partial charge in [-0.05, 0) is 20.3 Å². The maximum atomic E-state index is 10.6. The molecule has 1 aromatic heterocycles. The highest BCUT2D eigenvalue weighted by molar-refractivity contribution is 7.99. The summed E-state index contributed by atoms with van der Waals surface area (Å²) in [7, 11) is 0. The number of carbonyl (C=O) groups is 1. The summed E-state index contributed by atoms with van der Waals surface area (Å²) in [6, 6.07) is 0. The van der Waals surface area contributed by atoms with Gasteiger partial charge < -0.3 is 9.52 Å². The Morgan fingerprint density at radius 1 is 1.60 bits per heavy atom. The van der Waals surface area contributed by atoms with Crippen molar-refractivity contribution < 1.29 is 14.3 Å². The van der Waals surface area contributed by atoms with Crippen LogP contribution >= 0.6 is 11.8 Å². The van der Waals surface area contributed by atoms with Crippen LogP contribution in [0.3, 0.4) is 0 Å². The first-order valence-corrected chi connectivity index (χ1v) is 5.73. The maximum Gasteiger partial charge on any atom is 0.304 e. The third-order valence-electron chi connectivity index (χ3n) is 2.13. The summed E-state index contributed by atoms with van der Waals surface area (Å²) in [6.45, 7) is 5.69. The van der Waals surface area contributed by atoms with Crippen LogP contribution in [0.5, 0.6) is 0 Å². The molecule has 0 aromatic carbocycles. The van der Waals surface area contributed by atoms with Crippen molar-refractivity contribution in [2.45, 2.75) is 44.1 Å². The lowest BCUT2D eigenvalue weighted by Crippen LogP contribution is -2.08. The average molecular weight is 229 g/mol. The molecule has 0 saturated heterocycles. The summed E-state index contributed by atoms with van der Waals surface area (Å²) in [5.41, 5.74) is 0.864. The minimum Gasteiger partial charge on any atom is -0.481 e. The Morgan fingerprint density at radius 2 is 2.27 bits per heavy atom. The Balaban J connectivity index is 2.62. The number of nitrogens with zero attached hydrogens (tertiary/aromatic N) is 1. The molecule has 4 nitrogen and oxygen atoms in total. The summed E-state index contributed by atoms with van der Waals surface area (Å²) in [5.74, 6) is 0.0111. The molecule has 0 spiro atoms. The van der Waals surface area contributed by atoms with Crippen LogP contribution in [0.1, 0.15) is 31.2 Å². The van der Waals surface area contributed by atoms with Crippen LogP contribution in [-0.2, 0) is 4.79 Å². The molecule has 1 rings (SSSR count).